The number of benzene rings is 3. The summed E-state index contributed by atoms with van der Waals surface area (Å²) in [5.74, 6) is 0. The van der Waals surface area contributed by atoms with E-state index in [4.69, 9.17) is 0 Å². The summed E-state index contributed by atoms with van der Waals surface area (Å²) < 4.78 is 4.72. The highest BCUT2D eigenvalue weighted by Crippen LogP contribution is 2.19. The van der Waals surface area contributed by atoms with E-state index in [1.807, 2.05) is 0 Å². The molecule has 0 bridgehead atoms. The molecule has 0 aliphatic heterocycles. The highest BCUT2D eigenvalue weighted by Gasteiger charge is 2.17. The first kappa shape index (κ1) is 20.9. The lowest BCUT2D eigenvalue weighted by molar-refractivity contribution is -0.663. The maximum absolute atomic E-state index is 2.36. The van der Waals surface area contributed by atoms with E-state index in [0.29, 0.717) is 0 Å². The molecule has 0 unspecified atom stereocenters. The van der Waals surface area contributed by atoms with Gasteiger partial charge in [0.15, 0.2) is 11.0 Å². The standard InChI is InChI=1S/C23H23N2.BrH.H2O/c1-18-13-22-23(14-19(18)2)25(16-21-11-7-4-8-12-21)17-24(22)15-20-9-5-3-6-10-20;;/h3-14,17H,15-16H2,1-2H3;1H;1H2/q+1;;/p-1. The number of aryl methyl sites for hydroxylation is 2. The predicted molar refractivity (Wildman–Crippen MR) is 106 cm³/mol. The zero-order chi connectivity index (χ0) is 17.2. The summed E-state index contributed by atoms with van der Waals surface area (Å²) in [7, 11) is 0. The number of nitrogens with zero attached hydrogens (tertiary/aromatic N) is 2. The van der Waals surface area contributed by atoms with Gasteiger partial charge in [0, 0.05) is 0 Å². The summed E-state index contributed by atoms with van der Waals surface area (Å²) in [6.07, 6.45) is 2.25. The predicted octanol–water partition coefficient (Wildman–Crippen LogP) is 0.822. The highest BCUT2D eigenvalue weighted by molar-refractivity contribution is 5.74. The largest absolute Gasteiger partial charge is 1.00 e. The molecule has 0 amide bonds. The maximum Gasteiger partial charge on any atom is 0.245 e. The number of aromatic nitrogens is 2. The molecule has 2 N–H and O–H groups in total. The molecule has 0 spiro atoms. The first-order valence-electron chi connectivity index (χ1n) is 8.78. The van der Waals surface area contributed by atoms with Crippen LogP contribution < -0.4 is 21.5 Å². The monoisotopic (exact) mass is 424 g/mol. The average Bonchev–Trinajstić information content (AvgIpc) is 2.94. The van der Waals surface area contributed by atoms with Crippen LogP contribution in [0.15, 0.2) is 79.1 Å². The van der Waals surface area contributed by atoms with Gasteiger partial charge in [0.05, 0.1) is 0 Å². The fraction of sp³-hybridized carbons (Fsp3) is 0.174. The van der Waals surface area contributed by atoms with Gasteiger partial charge in [0.2, 0.25) is 6.33 Å². The zero-order valence-electron chi connectivity index (χ0n) is 15.7. The second-order valence-corrected chi connectivity index (χ2v) is 6.77. The fourth-order valence-electron chi connectivity index (χ4n) is 3.35. The van der Waals surface area contributed by atoms with Crippen molar-refractivity contribution in [2.24, 2.45) is 0 Å². The van der Waals surface area contributed by atoms with E-state index in [9.17, 15) is 0 Å². The van der Waals surface area contributed by atoms with Gasteiger partial charge in [0.1, 0.15) is 13.1 Å². The van der Waals surface area contributed by atoms with Crippen LogP contribution in [0, 0.1) is 13.8 Å². The van der Waals surface area contributed by atoms with Crippen molar-refractivity contribution in [1.82, 2.24) is 4.57 Å². The molecule has 4 aromatic rings. The molecule has 1 heterocycles. The Hall–Kier alpha value is -2.43. The number of fused-ring (bicyclic) bond motifs is 1. The van der Waals surface area contributed by atoms with E-state index in [2.05, 4.69) is 102 Å². The minimum Gasteiger partial charge on any atom is -1.00 e. The number of hydrogen-bond donors (Lipinski definition) is 0. The third-order valence-corrected chi connectivity index (χ3v) is 4.88. The minimum absolute atomic E-state index is 0. The third kappa shape index (κ3) is 4.46. The van der Waals surface area contributed by atoms with Gasteiger partial charge < -0.3 is 22.5 Å². The molecule has 140 valence electrons. The van der Waals surface area contributed by atoms with Gasteiger partial charge in [-0.15, -0.1) is 0 Å². The van der Waals surface area contributed by atoms with Crippen LogP contribution in [0.5, 0.6) is 0 Å². The summed E-state index contributed by atoms with van der Waals surface area (Å²) in [5.41, 5.74) is 7.92. The number of imidazole rings is 1. The van der Waals surface area contributed by atoms with Gasteiger partial charge in [0.25, 0.3) is 0 Å². The van der Waals surface area contributed by atoms with E-state index >= 15 is 0 Å². The van der Waals surface area contributed by atoms with Gasteiger partial charge in [-0.1, -0.05) is 60.7 Å². The van der Waals surface area contributed by atoms with Crippen LogP contribution in [-0.2, 0) is 13.1 Å². The van der Waals surface area contributed by atoms with Crippen LogP contribution in [0.4, 0.5) is 0 Å². The first-order valence-corrected chi connectivity index (χ1v) is 8.78. The molecule has 0 atom stereocenters. The molecule has 0 saturated heterocycles. The minimum atomic E-state index is 0. The lowest BCUT2D eigenvalue weighted by Gasteiger charge is -2.01. The Labute approximate surface area is 171 Å². The van der Waals surface area contributed by atoms with E-state index in [0.717, 1.165) is 13.1 Å². The van der Waals surface area contributed by atoms with E-state index in [1.165, 1.54) is 33.3 Å². The van der Waals surface area contributed by atoms with Gasteiger partial charge in [-0.3, -0.25) is 0 Å². The van der Waals surface area contributed by atoms with Gasteiger partial charge in [-0.2, -0.15) is 0 Å². The van der Waals surface area contributed by atoms with Gasteiger partial charge in [-0.05, 0) is 48.2 Å². The molecular weight excluding hydrogens is 400 g/mol. The van der Waals surface area contributed by atoms with Crippen molar-refractivity contribution in [3.05, 3.63) is 101 Å². The van der Waals surface area contributed by atoms with Crippen LogP contribution in [0.25, 0.3) is 11.0 Å². The summed E-state index contributed by atoms with van der Waals surface area (Å²) in [4.78, 5) is 0. The Morgan fingerprint density at radius 3 is 1.96 bits per heavy atom. The zero-order valence-corrected chi connectivity index (χ0v) is 17.3. The van der Waals surface area contributed by atoms with Crippen LogP contribution in [0.2, 0.25) is 0 Å². The molecule has 3 aromatic carbocycles. The second-order valence-electron chi connectivity index (χ2n) is 6.77. The number of hydrogen-bond acceptors (Lipinski definition) is 0. The first-order chi connectivity index (χ1) is 12.2. The normalized spacial score (nSPS) is 10.3. The average molecular weight is 425 g/mol. The number of rotatable bonds is 4. The molecule has 4 heteroatoms. The smallest absolute Gasteiger partial charge is 0.245 e. The van der Waals surface area contributed by atoms with E-state index in [1.54, 1.807) is 0 Å². The van der Waals surface area contributed by atoms with Crippen LogP contribution in [-0.4, -0.2) is 10.0 Å². The molecule has 0 aliphatic rings. The maximum atomic E-state index is 2.36. The van der Waals surface area contributed by atoms with Gasteiger partial charge >= 0.3 is 0 Å². The lowest BCUT2D eigenvalue weighted by atomic mass is 10.1. The fourth-order valence-corrected chi connectivity index (χ4v) is 3.35. The van der Waals surface area contributed by atoms with Gasteiger partial charge in [-0.25, -0.2) is 9.13 Å². The van der Waals surface area contributed by atoms with E-state index < -0.39 is 0 Å². The summed E-state index contributed by atoms with van der Waals surface area (Å²) in [6.45, 7) is 6.16. The van der Waals surface area contributed by atoms with Crippen molar-refractivity contribution in [3.63, 3.8) is 0 Å². The third-order valence-electron chi connectivity index (χ3n) is 4.88. The van der Waals surface area contributed by atoms with Crippen molar-refractivity contribution in [2.45, 2.75) is 26.9 Å². The number of halogens is 1. The van der Waals surface area contributed by atoms with Crippen LogP contribution in [0.1, 0.15) is 22.3 Å². The molecule has 0 aliphatic carbocycles. The molecule has 4 rings (SSSR count). The molecule has 3 nitrogen and oxygen atoms in total. The van der Waals surface area contributed by atoms with Crippen LogP contribution >= 0.6 is 0 Å². The molecule has 1 aromatic heterocycles. The second kappa shape index (κ2) is 8.98. The van der Waals surface area contributed by atoms with Crippen molar-refractivity contribution in [2.75, 3.05) is 0 Å². The Morgan fingerprint density at radius 1 is 0.778 bits per heavy atom. The Balaban J connectivity index is 0.00000131. The molecular formula is C23H25BrN2O. The van der Waals surface area contributed by atoms with Crippen molar-refractivity contribution in [1.29, 1.82) is 0 Å². The Bertz CT molecular complexity index is 929. The molecule has 27 heavy (non-hydrogen) atoms. The topological polar surface area (TPSA) is 40.3 Å². The highest BCUT2D eigenvalue weighted by atomic mass is 79.9. The van der Waals surface area contributed by atoms with Crippen LogP contribution in [0.3, 0.4) is 0 Å². The van der Waals surface area contributed by atoms with Crippen molar-refractivity contribution >= 4 is 11.0 Å². The lowest BCUT2D eigenvalue weighted by Crippen LogP contribution is -3.00. The Kier molecular flexibility index (Phi) is 6.94. The van der Waals surface area contributed by atoms with Crippen molar-refractivity contribution < 1.29 is 27.0 Å². The van der Waals surface area contributed by atoms with E-state index in [-0.39, 0.29) is 22.5 Å². The quantitative estimate of drug-likeness (QED) is 0.435. The SMILES string of the molecule is Cc1cc2c(cc1C)[n+](Cc1ccccc1)cn2Cc1ccccc1.O.[Br-]. The van der Waals surface area contributed by atoms with Crippen molar-refractivity contribution in [3.8, 4) is 0 Å². The molecule has 0 saturated carbocycles. The molecule has 0 radical (unpaired) electrons. The summed E-state index contributed by atoms with van der Waals surface area (Å²) >= 11 is 0. The summed E-state index contributed by atoms with van der Waals surface area (Å²) in [5, 5.41) is 0. The molecule has 0 fully saturated rings. The Morgan fingerprint density at radius 2 is 1.33 bits per heavy atom. The summed E-state index contributed by atoms with van der Waals surface area (Å²) in [6, 6.07) is 25.9.